The topological polar surface area (TPSA) is 70.1 Å². The molecule has 7 heteroatoms. The molecule has 0 bridgehead atoms. The van der Waals surface area contributed by atoms with Gasteiger partial charge in [0.05, 0.1) is 6.54 Å². The van der Waals surface area contributed by atoms with E-state index in [2.05, 4.69) is 62.4 Å². The largest absolute Gasteiger partial charge is 0.489 e. The number of hydrogen-bond donors (Lipinski definition) is 1. The molecule has 42 heavy (non-hydrogen) atoms. The van der Waals surface area contributed by atoms with Gasteiger partial charge >= 0.3 is 12.0 Å². The lowest BCUT2D eigenvalue weighted by Gasteiger charge is -2.26. The Morgan fingerprint density at radius 2 is 1.55 bits per heavy atom. The molecule has 0 unspecified atom stereocenters. The molecule has 4 rings (SSSR count). The zero-order valence-electron chi connectivity index (χ0n) is 24.7. The van der Waals surface area contributed by atoms with Gasteiger partial charge in [-0.05, 0) is 76.7 Å². The number of carboxylic acid groups (broad SMARTS) is 1. The summed E-state index contributed by atoms with van der Waals surface area (Å²) in [5, 5.41) is 11.5. The molecule has 0 spiro atoms. The number of ether oxygens (including phenoxy) is 1. The Balaban J connectivity index is 1.36. The van der Waals surface area contributed by atoms with Crippen molar-refractivity contribution in [3.05, 3.63) is 106 Å². The second-order valence-corrected chi connectivity index (χ2v) is 11.6. The molecule has 4 aromatic rings. The smallest absolute Gasteiger partial charge is 0.325 e. The zero-order chi connectivity index (χ0) is 29.9. The fourth-order valence-corrected chi connectivity index (χ4v) is 6.01. The molecule has 0 aliphatic rings. The summed E-state index contributed by atoms with van der Waals surface area (Å²) in [4.78, 5) is 28.4. The molecule has 1 N–H and O–H groups in total. The normalized spacial score (nSPS) is 11.0. The summed E-state index contributed by atoms with van der Waals surface area (Å²) in [7, 11) is 1.66. The summed E-state index contributed by atoms with van der Waals surface area (Å²) >= 11 is 1.52. The molecule has 0 atom stereocenters. The number of carbonyl (C=O) groups excluding carboxylic acids is 1. The molecule has 0 saturated carbocycles. The monoisotopic (exact) mass is 584 g/mol. The van der Waals surface area contributed by atoms with Gasteiger partial charge in [-0.15, -0.1) is 11.3 Å². The van der Waals surface area contributed by atoms with E-state index in [-0.39, 0.29) is 19.1 Å². The Morgan fingerprint density at radius 1 is 0.881 bits per heavy atom. The SMILES string of the molecule is CCCC(CCC)c1ccc(OCc2ccc(-c3csc(CN(CC(=O)O)C(=O)N(C)c4ccccc4)c3)cc2)cc1. The van der Waals surface area contributed by atoms with Crippen LogP contribution in [0, 0.1) is 0 Å². The van der Waals surface area contributed by atoms with Crippen molar-refractivity contribution in [2.75, 3.05) is 18.5 Å². The molecule has 0 saturated heterocycles. The molecule has 1 aromatic heterocycles. The predicted octanol–water partition coefficient (Wildman–Crippen LogP) is 8.82. The van der Waals surface area contributed by atoms with Crippen molar-refractivity contribution in [2.45, 2.75) is 58.6 Å². The van der Waals surface area contributed by atoms with Crippen LogP contribution in [-0.4, -0.2) is 35.6 Å². The fraction of sp³-hybridized carbons (Fsp3) is 0.314. The molecule has 220 valence electrons. The summed E-state index contributed by atoms with van der Waals surface area (Å²) in [5.74, 6) is 0.443. The molecule has 1 heterocycles. The minimum Gasteiger partial charge on any atom is -0.489 e. The van der Waals surface area contributed by atoms with Crippen molar-refractivity contribution in [1.82, 2.24) is 4.90 Å². The van der Waals surface area contributed by atoms with E-state index in [1.165, 1.54) is 52.4 Å². The first-order valence-corrected chi connectivity index (χ1v) is 15.4. The maximum Gasteiger partial charge on any atom is 0.325 e. The minimum atomic E-state index is -1.05. The highest BCUT2D eigenvalue weighted by atomic mass is 32.1. The Bertz CT molecular complexity index is 1410. The first kappa shape index (κ1) is 30.8. The highest BCUT2D eigenvalue weighted by Crippen LogP contribution is 2.29. The van der Waals surface area contributed by atoms with Crippen molar-refractivity contribution in [1.29, 1.82) is 0 Å². The van der Waals surface area contributed by atoms with Gasteiger partial charge in [-0.25, -0.2) is 4.79 Å². The van der Waals surface area contributed by atoms with Gasteiger partial charge in [0.25, 0.3) is 0 Å². The van der Waals surface area contributed by atoms with Crippen LogP contribution < -0.4 is 9.64 Å². The first-order chi connectivity index (χ1) is 20.4. The van der Waals surface area contributed by atoms with E-state index in [4.69, 9.17) is 4.74 Å². The number of rotatable bonds is 14. The Kier molecular flexibility index (Phi) is 11.2. The fourth-order valence-electron chi connectivity index (χ4n) is 5.10. The molecule has 0 fully saturated rings. The summed E-state index contributed by atoms with van der Waals surface area (Å²) < 4.78 is 6.06. The quantitative estimate of drug-likeness (QED) is 0.161. The summed E-state index contributed by atoms with van der Waals surface area (Å²) in [5.41, 5.74) is 5.27. The van der Waals surface area contributed by atoms with Gasteiger partial charge in [-0.2, -0.15) is 0 Å². The van der Waals surface area contributed by atoms with Crippen molar-refractivity contribution in [3.8, 4) is 16.9 Å². The zero-order valence-corrected chi connectivity index (χ0v) is 25.5. The number of benzene rings is 3. The number of carbonyl (C=O) groups is 2. The summed E-state index contributed by atoms with van der Waals surface area (Å²) in [6.45, 7) is 4.82. The predicted molar refractivity (Wildman–Crippen MR) is 171 cm³/mol. The second-order valence-electron chi connectivity index (χ2n) is 10.6. The highest BCUT2D eigenvalue weighted by molar-refractivity contribution is 7.10. The Hall–Kier alpha value is -4.10. The minimum absolute atomic E-state index is 0.218. The van der Waals surface area contributed by atoms with E-state index in [1.807, 2.05) is 41.8 Å². The lowest BCUT2D eigenvalue weighted by Crippen LogP contribution is -2.43. The van der Waals surface area contributed by atoms with Crippen LogP contribution in [0.5, 0.6) is 5.75 Å². The lowest BCUT2D eigenvalue weighted by atomic mass is 9.90. The summed E-state index contributed by atoms with van der Waals surface area (Å²) in [6.07, 6.45) is 4.83. The standard InChI is InChI=1S/C35H40N2O4S/c1-4-9-27(10-5-2)28-17-19-32(20-18-28)41-24-26-13-15-29(16-14-26)30-21-33(42-25-30)22-37(23-34(38)39)35(40)36(3)31-11-7-6-8-12-31/h6-8,11-21,25,27H,4-5,9-10,22-24H2,1-3H3,(H,38,39). The molecular weight excluding hydrogens is 544 g/mol. The van der Waals surface area contributed by atoms with E-state index >= 15 is 0 Å². The molecule has 3 aromatic carbocycles. The third-order valence-corrected chi connectivity index (χ3v) is 8.27. The van der Waals surface area contributed by atoms with Crippen molar-refractivity contribution in [3.63, 3.8) is 0 Å². The maximum absolute atomic E-state index is 13.1. The third kappa shape index (κ3) is 8.46. The number of amides is 2. The van der Waals surface area contributed by atoms with E-state index in [0.29, 0.717) is 18.2 Å². The van der Waals surface area contributed by atoms with Crippen LogP contribution in [0.1, 0.15) is 61.5 Å². The Labute approximate surface area is 253 Å². The number of aliphatic carboxylic acids is 1. The van der Waals surface area contributed by atoms with Gasteiger partial charge in [-0.3, -0.25) is 9.69 Å². The number of anilines is 1. The van der Waals surface area contributed by atoms with E-state index < -0.39 is 5.97 Å². The van der Waals surface area contributed by atoms with Crippen LogP contribution in [0.2, 0.25) is 0 Å². The molecule has 6 nitrogen and oxygen atoms in total. The van der Waals surface area contributed by atoms with Crippen LogP contribution in [0.3, 0.4) is 0 Å². The average molecular weight is 585 g/mol. The first-order valence-electron chi connectivity index (χ1n) is 14.6. The molecular formula is C35H40N2O4S. The van der Waals surface area contributed by atoms with Gasteiger partial charge in [0.1, 0.15) is 18.9 Å². The number of nitrogens with zero attached hydrogens (tertiary/aromatic N) is 2. The van der Waals surface area contributed by atoms with Gasteiger partial charge in [-0.1, -0.05) is 81.3 Å². The van der Waals surface area contributed by atoms with Gasteiger partial charge < -0.3 is 14.7 Å². The van der Waals surface area contributed by atoms with Crippen LogP contribution in [0.15, 0.2) is 90.3 Å². The Morgan fingerprint density at radius 3 is 2.17 bits per heavy atom. The summed E-state index contributed by atoms with van der Waals surface area (Å²) in [6, 6.07) is 27.7. The number of hydrogen-bond acceptors (Lipinski definition) is 4. The van der Waals surface area contributed by atoms with Gasteiger partial charge in [0.2, 0.25) is 0 Å². The second kappa shape index (κ2) is 15.2. The molecule has 0 aliphatic heterocycles. The molecule has 0 aliphatic carbocycles. The van der Waals surface area contributed by atoms with E-state index in [1.54, 1.807) is 7.05 Å². The van der Waals surface area contributed by atoms with Crippen molar-refractivity contribution < 1.29 is 19.4 Å². The highest BCUT2D eigenvalue weighted by Gasteiger charge is 2.22. The maximum atomic E-state index is 13.1. The van der Waals surface area contributed by atoms with Crippen LogP contribution in [-0.2, 0) is 17.9 Å². The molecule has 0 radical (unpaired) electrons. The number of urea groups is 1. The average Bonchev–Trinajstić information content (AvgIpc) is 3.48. The number of para-hydroxylation sites is 1. The van der Waals surface area contributed by atoms with Crippen molar-refractivity contribution >= 4 is 29.0 Å². The third-order valence-electron chi connectivity index (χ3n) is 7.35. The lowest BCUT2D eigenvalue weighted by molar-refractivity contribution is -0.137. The van der Waals surface area contributed by atoms with E-state index in [0.717, 1.165) is 27.3 Å². The van der Waals surface area contributed by atoms with Crippen LogP contribution in [0.25, 0.3) is 11.1 Å². The van der Waals surface area contributed by atoms with E-state index in [9.17, 15) is 14.7 Å². The van der Waals surface area contributed by atoms with Crippen molar-refractivity contribution in [2.24, 2.45) is 0 Å². The van der Waals surface area contributed by atoms with Gasteiger partial charge in [0, 0.05) is 17.6 Å². The number of thiophene rings is 1. The van der Waals surface area contributed by atoms with Crippen LogP contribution >= 0.6 is 11.3 Å². The molecule has 2 amide bonds. The van der Waals surface area contributed by atoms with Crippen LogP contribution in [0.4, 0.5) is 10.5 Å². The van der Waals surface area contributed by atoms with Gasteiger partial charge in [0.15, 0.2) is 0 Å². The number of carboxylic acids is 1.